The van der Waals surface area contributed by atoms with Crippen LogP contribution in [0, 0.1) is 12.7 Å². The Balaban J connectivity index is 2.26. The molecule has 21 heavy (non-hydrogen) atoms. The third kappa shape index (κ3) is 3.47. The maximum atomic E-state index is 13.5. The number of benzene rings is 2. The molecular weight excluding hydrogens is 291 g/mol. The second kappa shape index (κ2) is 6.34. The molecule has 4 nitrogen and oxygen atoms in total. The Kier molecular flexibility index (Phi) is 4.72. The van der Waals surface area contributed by atoms with Crippen LogP contribution in [0.25, 0.3) is 0 Å². The van der Waals surface area contributed by atoms with Gasteiger partial charge >= 0.3 is 0 Å². The monoisotopic (exact) mass is 308 g/mol. The third-order valence-electron chi connectivity index (χ3n) is 3.32. The Labute approximate surface area is 123 Å². The standard InChI is InChI=1S/C15H17FN2O2S/c1-11-12(9-17)6-4-8-15(11)21(19,20)18-10-13-5-2-3-7-14(13)16/h2-8,18H,9-10,17H2,1H3. The fourth-order valence-corrected chi connectivity index (χ4v) is 3.36. The molecule has 0 unspecified atom stereocenters. The molecule has 0 atom stereocenters. The summed E-state index contributed by atoms with van der Waals surface area (Å²) in [5, 5.41) is 0. The number of nitrogens with one attached hydrogen (secondary N) is 1. The Bertz CT molecular complexity index is 745. The first-order chi connectivity index (χ1) is 9.95. The van der Waals surface area contributed by atoms with E-state index < -0.39 is 15.8 Å². The molecule has 0 fully saturated rings. The van der Waals surface area contributed by atoms with Gasteiger partial charge in [0.15, 0.2) is 0 Å². The van der Waals surface area contributed by atoms with Gasteiger partial charge in [-0.3, -0.25) is 0 Å². The molecule has 0 aromatic heterocycles. The average molecular weight is 308 g/mol. The van der Waals surface area contributed by atoms with Crippen LogP contribution in [-0.4, -0.2) is 8.42 Å². The summed E-state index contributed by atoms with van der Waals surface area (Å²) in [4.78, 5) is 0.168. The van der Waals surface area contributed by atoms with Gasteiger partial charge in [-0.1, -0.05) is 30.3 Å². The summed E-state index contributed by atoms with van der Waals surface area (Å²) in [6.45, 7) is 1.88. The molecule has 2 rings (SSSR count). The number of halogens is 1. The summed E-state index contributed by atoms with van der Waals surface area (Å²) in [6, 6.07) is 11.0. The second-order valence-electron chi connectivity index (χ2n) is 4.66. The van der Waals surface area contributed by atoms with Crippen LogP contribution in [0.3, 0.4) is 0 Å². The third-order valence-corrected chi connectivity index (χ3v) is 4.86. The van der Waals surface area contributed by atoms with Crippen molar-refractivity contribution in [2.75, 3.05) is 0 Å². The highest BCUT2D eigenvalue weighted by molar-refractivity contribution is 7.89. The van der Waals surface area contributed by atoms with Crippen LogP contribution in [0.15, 0.2) is 47.4 Å². The molecule has 2 aromatic carbocycles. The van der Waals surface area contributed by atoms with Crippen molar-refractivity contribution in [2.45, 2.75) is 24.9 Å². The fraction of sp³-hybridized carbons (Fsp3) is 0.200. The zero-order valence-corrected chi connectivity index (χ0v) is 12.5. The molecule has 0 saturated carbocycles. The van der Waals surface area contributed by atoms with E-state index in [9.17, 15) is 12.8 Å². The lowest BCUT2D eigenvalue weighted by Gasteiger charge is -2.12. The van der Waals surface area contributed by atoms with Crippen LogP contribution in [-0.2, 0) is 23.1 Å². The largest absolute Gasteiger partial charge is 0.326 e. The molecule has 6 heteroatoms. The molecule has 2 aromatic rings. The Hall–Kier alpha value is -1.76. The number of nitrogens with two attached hydrogens (primary N) is 1. The topological polar surface area (TPSA) is 72.2 Å². The van der Waals surface area contributed by atoms with Crippen LogP contribution in [0.4, 0.5) is 4.39 Å². The van der Waals surface area contributed by atoms with Crippen molar-refractivity contribution in [3.63, 3.8) is 0 Å². The SMILES string of the molecule is Cc1c(CN)cccc1S(=O)(=O)NCc1ccccc1F. The summed E-state index contributed by atoms with van der Waals surface area (Å²) < 4.78 is 40.6. The van der Waals surface area contributed by atoms with Gasteiger partial charge in [0.05, 0.1) is 4.90 Å². The van der Waals surface area contributed by atoms with Crippen molar-refractivity contribution in [3.05, 3.63) is 65.0 Å². The Morgan fingerprint density at radius 1 is 1.10 bits per heavy atom. The van der Waals surface area contributed by atoms with Crippen molar-refractivity contribution in [3.8, 4) is 0 Å². The molecule has 0 radical (unpaired) electrons. The van der Waals surface area contributed by atoms with Crippen LogP contribution >= 0.6 is 0 Å². The van der Waals surface area contributed by atoms with E-state index in [0.29, 0.717) is 11.1 Å². The molecule has 0 saturated heterocycles. The summed E-state index contributed by atoms with van der Waals surface area (Å²) in [5.41, 5.74) is 7.26. The molecule has 3 N–H and O–H groups in total. The smallest absolute Gasteiger partial charge is 0.241 e. The van der Waals surface area contributed by atoms with E-state index in [4.69, 9.17) is 5.73 Å². The lowest BCUT2D eigenvalue weighted by atomic mass is 10.1. The molecule has 112 valence electrons. The zero-order chi connectivity index (χ0) is 15.5. The van der Waals surface area contributed by atoms with E-state index in [1.807, 2.05) is 0 Å². The molecule has 0 bridgehead atoms. The number of hydrogen-bond acceptors (Lipinski definition) is 3. The minimum absolute atomic E-state index is 0.0959. The molecule has 0 aliphatic heterocycles. The van der Waals surface area contributed by atoms with Crippen molar-refractivity contribution in [1.82, 2.24) is 4.72 Å². The van der Waals surface area contributed by atoms with Gasteiger partial charge in [0.25, 0.3) is 0 Å². The molecule has 0 heterocycles. The molecular formula is C15H17FN2O2S. The molecule has 0 aliphatic rings. The normalized spacial score (nSPS) is 11.6. The van der Waals surface area contributed by atoms with E-state index in [1.165, 1.54) is 12.1 Å². The van der Waals surface area contributed by atoms with Crippen LogP contribution in [0.2, 0.25) is 0 Å². The highest BCUT2D eigenvalue weighted by Crippen LogP contribution is 2.19. The highest BCUT2D eigenvalue weighted by atomic mass is 32.2. The van der Waals surface area contributed by atoms with E-state index in [-0.39, 0.29) is 18.0 Å². The van der Waals surface area contributed by atoms with Crippen molar-refractivity contribution in [2.24, 2.45) is 5.73 Å². The Morgan fingerprint density at radius 3 is 2.43 bits per heavy atom. The lowest BCUT2D eigenvalue weighted by Crippen LogP contribution is -2.25. The van der Waals surface area contributed by atoms with E-state index in [0.717, 1.165) is 5.56 Å². The van der Waals surface area contributed by atoms with Crippen molar-refractivity contribution >= 4 is 10.0 Å². The maximum Gasteiger partial charge on any atom is 0.241 e. The predicted octanol–water partition coefficient (Wildman–Crippen LogP) is 2.07. The summed E-state index contributed by atoms with van der Waals surface area (Å²) in [7, 11) is -3.71. The maximum absolute atomic E-state index is 13.5. The minimum Gasteiger partial charge on any atom is -0.326 e. The van der Waals surface area contributed by atoms with Crippen LogP contribution < -0.4 is 10.5 Å². The van der Waals surface area contributed by atoms with Crippen LogP contribution in [0.1, 0.15) is 16.7 Å². The zero-order valence-electron chi connectivity index (χ0n) is 11.6. The first kappa shape index (κ1) is 15.6. The summed E-state index contributed by atoms with van der Waals surface area (Å²) in [5.74, 6) is -0.437. The summed E-state index contributed by atoms with van der Waals surface area (Å²) >= 11 is 0. The first-order valence-electron chi connectivity index (χ1n) is 6.47. The predicted molar refractivity (Wildman–Crippen MR) is 79.5 cm³/mol. The average Bonchev–Trinajstić information content (AvgIpc) is 2.46. The minimum atomic E-state index is -3.71. The van der Waals surface area contributed by atoms with E-state index in [2.05, 4.69) is 4.72 Å². The van der Waals surface area contributed by atoms with Gasteiger partial charge in [0.2, 0.25) is 10.0 Å². The quantitative estimate of drug-likeness (QED) is 0.888. The first-order valence-corrected chi connectivity index (χ1v) is 7.95. The molecule has 0 spiro atoms. The number of sulfonamides is 1. The van der Waals surface area contributed by atoms with Gasteiger partial charge in [0, 0.05) is 18.7 Å². The molecule has 0 aliphatic carbocycles. The van der Waals surface area contributed by atoms with Gasteiger partial charge in [-0.2, -0.15) is 0 Å². The molecule has 0 amide bonds. The summed E-state index contributed by atoms with van der Waals surface area (Å²) in [6.07, 6.45) is 0. The van der Waals surface area contributed by atoms with Crippen LogP contribution in [0.5, 0.6) is 0 Å². The van der Waals surface area contributed by atoms with Crippen molar-refractivity contribution < 1.29 is 12.8 Å². The second-order valence-corrected chi connectivity index (χ2v) is 6.40. The highest BCUT2D eigenvalue weighted by Gasteiger charge is 2.18. The van der Waals surface area contributed by atoms with Gasteiger partial charge in [-0.05, 0) is 30.2 Å². The number of hydrogen-bond donors (Lipinski definition) is 2. The van der Waals surface area contributed by atoms with Gasteiger partial charge in [0.1, 0.15) is 5.82 Å². The number of rotatable bonds is 5. The van der Waals surface area contributed by atoms with Gasteiger partial charge < -0.3 is 5.73 Å². The van der Waals surface area contributed by atoms with Gasteiger partial charge in [-0.25, -0.2) is 17.5 Å². The van der Waals surface area contributed by atoms with Gasteiger partial charge in [-0.15, -0.1) is 0 Å². The van der Waals surface area contributed by atoms with Crippen molar-refractivity contribution in [1.29, 1.82) is 0 Å². The lowest BCUT2D eigenvalue weighted by molar-refractivity contribution is 0.573. The fourth-order valence-electron chi connectivity index (χ4n) is 2.06. The Morgan fingerprint density at radius 2 is 1.76 bits per heavy atom. The van der Waals surface area contributed by atoms with E-state index >= 15 is 0 Å². The van der Waals surface area contributed by atoms with E-state index in [1.54, 1.807) is 37.3 Å².